The Morgan fingerprint density at radius 2 is 2.14 bits per heavy atom. The van der Waals surface area contributed by atoms with Crippen LogP contribution in [0.5, 0.6) is 5.75 Å². The first-order valence-corrected chi connectivity index (χ1v) is 8.01. The number of anilines is 2. The van der Waals surface area contributed by atoms with Crippen LogP contribution in [0.25, 0.3) is 0 Å². The predicted molar refractivity (Wildman–Crippen MR) is 86.7 cm³/mol. The predicted octanol–water partition coefficient (Wildman–Crippen LogP) is 2.94. The molecule has 2 N–H and O–H groups in total. The van der Waals surface area contributed by atoms with Gasteiger partial charge < -0.3 is 20.1 Å². The molecule has 0 aromatic carbocycles. The molecule has 6 heteroatoms. The van der Waals surface area contributed by atoms with Gasteiger partial charge in [0.2, 0.25) is 0 Å². The van der Waals surface area contributed by atoms with Crippen molar-refractivity contribution in [1.82, 2.24) is 0 Å². The van der Waals surface area contributed by atoms with Crippen molar-refractivity contribution in [2.24, 2.45) is 0 Å². The molecular weight excluding hydrogens is 288 g/mol. The van der Waals surface area contributed by atoms with E-state index in [1.54, 1.807) is 0 Å². The van der Waals surface area contributed by atoms with Crippen LogP contribution < -0.4 is 15.4 Å². The van der Waals surface area contributed by atoms with Crippen LogP contribution in [0.15, 0.2) is 0 Å². The van der Waals surface area contributed by atoms with Crippen LogP contribution in [-0.4, -0.2) is 37.2 Å². The number of carbonyl (C=O) groups excluding carboxylic acids is 1. The zero-order chi connectivity index (χ0) is 15.8. The van der Waals surface area contributed by atoms with Crippen LogP contribution in [0.3, 0.4) is 0 Å². The van der Waals surface area contributed by atoms with Gasteiger partial charge in [0.15, 0.2) is 11.5 Å². The number of carbonyl (C=O) groups is 1. The van der Waals surface area contributed by atoms with Crippen molar-refractivity contribution in [3.8, 4) is 5.75 Å². The van der Waals surface area contributed by atoms with Crippen molar-refractivity contribution in [2.75, 3.05) is 30.3 Å². The molecule has 2 heterocycles. The topological polar surface area (TPSA) is 64.8 Å². The monoisotopic (exact) mass is 312 g/mol. The van der Waals surface area contributed by atoms with Crippen LogP contribution in [-0.2, 0) is 4.74 Å². The second kappa shape index (κ2) is 5.85. The summed E-state index contributed by atoms with van der Waals surface area (Å²) >= 11 is 1.41. The Bertz CT molecular complexity index is 537. The fourth-order valence-corrected chi connectivity index (χ4v) is 3.50. The summed E-state index contributed by atoms with van der Waals surface area (Å²) in [5.41, 5.74) is 6.37. The molecule has 5 nitrogen and oxygen atoms in total. The van der Waals surface area contributed by atoms with Gasteiger partial charge in [-0.25, -0.2) is 0 Å². The Kier molecular flexibility index (Phi) is 4.49. The second-order valence-corrected chi connectivity index (χ2v) is 7.23. The summed E-state index contributed by atoms with van der Waals surface area (Å²) < 4.78 is 11.6. The fraction of sp³-hybridized carbons (Fsp3) is 0.667. The lowest BCUT2D eigenvalue weighted by atomic mass is 10.1. The molecule has 0 bridgehead atoms. The fourth-order valence-electron chi connectivity index (χ4n) is 2.43. The molecule has 1 saturated heterocycles. The van der Waals surface area contributed by atoms with Gasteiger partial charge in [0, 0.05) is 20.0 Å². The van der Waals surface area contributed by atoms with Crippen molar-refractivity contribution in [3.63, 3.8) is 0 Å². The van der Waals surface area contributed by atoms with Crippen molar-refractivity contribution in [2.45, 2.75) is 46.3 Å². The van der Waals surface area contributed by atoms with Gasteiger partial charge in [0.05, 0.1) is 28.9 Å². The molecule has 0 saturated carbocycles. The van der Waals surface area contributed by atoms with Crippen LogP contribution in [0.1, 0.15) is 44.3 Å². The van der Waals surface area contributed by atoms with Crippen LogP contribution >= 0.6 is 11.3 Å². The van der Waals surface area contributed by atoms with Crippen molar-refractivity contribution in [3.05, 3.63) is 4.88 Å². The standard InChI is InChI=1S/C15H24N2O3S/c1-9(2)20-12-11(16)13(10(3)18)21-14(12)17-6-7-19-15(4,5)8-17/h9H,6-8,16H2,1-5H3. The van der Waals surface area contributed by atoms with Gasteiger partial charge in [-0.3, -0.25) is 4.79 Å². The van der Waals surface area contributed by atoms with E-state index in [2.05, 4.69) is 18.7 Å². The molecular formula is C15H24N2O3S. The first-order valence-electron chi connectivity index (χ1n) is 7.20. The molecule has 2 rings (SSSR count). The molecule has 1 fully saturated rings. The first kappa shape index (κ1) is 16.1. The molecule has 0 aliphatic carbocycles. The van der Waals surface area contributed by atoms with Gasteiger partial charge in [-0.15, -0.1) is 11.3 Å². The first-order chi connectivity index (χ1) is 9.71. The maximum absolute atomic E-state index is 11.8. The van der Waals surface area contributed by atoms with E-state index in [1.807, 2.05) is 13.8 Å². The van der Waals surface area contributed by atoms with Crippen molar-refractivity contribution < 1.29 is 14.3 Å². The van der Waals surface area contributed by atoms with Gasteiger partial charge in [0.25, 0.3) is 0 Å². The van der Waals surface area contributed by atoms with Crippen LogP contribution in [0.4, 0.5) is 10.7 Å². The average molecular weight is 312 g/mol. The van der Waals surface area contributed by atoms with Gasteiger partial charge in [-0.05, 0) is 27.7 Å². The molecule has 0 amide bonds. The lowest BCUT2D eigenvalue weighted by Crippen LogP contribution is -2.48. The summed E-state index contributed by atoms with van der Waals surface area (Å²) in [4.78, 5) is 14.5. The number of nitrogens with zero attached hydrogens (tertiary/aromatic N) is 1. The maximum Gasteiger partial charge on any atom is 0.177 e. The minimum absolute atomic E-state index is 0.00880. The van der Waals surface area contributed by atoms with E-state index in [9.17, 15) is 4.79 Å². The van der Waals surface area contributed by atoms with Crippen molar-refractivity contribution >= 4 is 27.8 Å². The van der Waals surface area contributed by atoms with E-state index in [-0.39, 0.29) is 17.5 Å². The van der Waals surface area contributed by atoms with E-state index in [1.165, 1.54) is 18.3 Å². The number of ketones is 1. The number of nitrogens with two attached hydrogens (primary N) is 1. The average Bonchev–Trinajstić information content (AvgIpc) is 2.65. The summed E-state index contributed by atoms with van der Waals surface area (Å²) in [5.74, 6) is 0.614. The lowest BCUT2D eigenvalue weighted by Gasteiger charge is -2.39. The Labute approximate surface area is 130 Å². The Morgan fingerprint density at radius 3 is 2.67 bits per heavy atom. The highest BCUT2D eigenvalue weighted by Crippen LogP contribution is 2.46. The van der Waals surface area contributed by atoms with Crippen molar-refractivity contribution in [1.29, 1.82) is 0 Å². The minimum Gasteiger partial charge on any atom is -0.486 e. The maximum atomic E-state index is 11.8. The summed E-state index contributed by atoms with van der Waals surface area (Å²) in [5, 5.41) is 0.933. The highest BCUT2D eigenvalue weighted by molar-refractivity contribution is 7.19. The third-order valence-electron chi connectivity index (χ3n) is 3.27. The van der Waals surface area contributed by atoms with Gasteiger partial charge in [-0.2, -0.15) is 0 Å². The molecule has 118 valence electrons. The van der Waals surface area contributed by atoms with Gasteiger partial charge in [-0.1, -0.05) is 0 Å². The summed E-state index contributed by atoms with van der Waals surface area (Å²) in [6.07, 6.45) is 0.00880. The Morgan fingerprint density at radius 1 is 1.48 bits per heavy atom. The zero-order valence-electron chi connectivity index (χ0n) is 13.4. The molecule has 0 atom stereocenters. The van der Waals surface area contributed by atoms with E-state index >= 15 is 0 Å². The third-order valence-corrected chi connectivity index (χ3v) is 4.62. The van der Waals surface area contributed by atoms with Crippen LogP contribution in [0.2, 0.25) is 0 Å². The molecule has 1 aliphatic rings. The molecule has 1 aliphatic heterocycles. The molecule has 1 aromatic rings. The van der Waals surface area contributed by atoms with Gasteiger partial charge >= 0.3 is 0 Å². The molecule has 0 spiro atoms. The third kappa shape index (κ3) is 3.49. The van der Waals surface area contributed by atoms with Gasteiger partial charge in [0.1, 0.15) is 5.00 Å². The smallest absolute Gasteiger partial charge is 0.177 e. The summed E-state index contributed by atoms with van der Waals surface area (Å²) in [6, 6.07) is 0. The summed E-state index contributed by atoms with van der Waals surface area (Å²) in [7, 11) is 0. The Hall–Kier alpha value is -1.27. The highest BCUT2D eigenvalue weighted by atomic mass is 32.1. The molecule has 0 unspecified atom stereocenters. The number of nitrogen functional groups attached to an aromatic ring is 1. The highest BCUT2D eigenvalue weighted by Gasteiger charge is 2.32. The zero-order valence-corrected chi connectivity index (χ0v) is 14.2. The molecule has 21 heavy (non-hydrogen) atoms. The lowest BCUT2D eigenvalue weighted by molar-refractivity contribution is -0.0276. The number of rotatable bonds is 4. The second-order valence-electron chi connectivity index (χ2n) is 6.23. The van der Waals surface area contributed by atoms with E-state index in [4.69, 9.17) is 15.2 Å². The SMILES string of the molecule is CC(=O)c1sc(N2CCOC(C)(C)C2)c(OC(C)C)c1N. The molecule has 1 aromatic heterocycles. The summed E-state index contributed by atoms with van der Waals surface area (Å²) in [6.45, 7) is 11.7. The van der Waals surface area contributed by atoms with Crippen LogP contribution in [0, 0.1) is 0 Å². The number of hydrogen-bond donors (Lipinski definition) is 1. The number of ether oxygens (including phenoxy) is 2. The number of thiophene rings is 1. The van der Waals surface area contributed by atoms with E-state index < -0.39 is 0 Å². The largest absolute Gasteiger partial charge is 0.486 e. The van der Waals surface area contributed by atoms with E-state index in [0.29, 0.717) is 22.9 Å². The number of morpholine rings is 1. The van der Waals surface area contributed by atoms with E-state index in [0.717, 1.165) is 18.1 Å². The quantitative estimate of drug-likeness (QED) is 0.866. The Balaban J connectivity index is 2.41. The minimum atomic E-state index is -0.220. The number of Topliss-reactive ketones (excluding diaryl/α,β-unsaturated/α-hetero) is 1. The normalized spacial score (nSPS) is 18.1. The molecule has 0 radical (unpaired) electrons. The number of hydrogen-bond acceptors (Lipinski definition) is 6.